The van der Waals surface area contributed by atoms with Crippen molar-refractivity contribution in [3.63, 3.8) is 0 Å². The molecule has 0 bridgehead atoms. The zero-order valence-electron chi connectivity index (χ0n) is 3.37. The van der Waals surface area contributed by atoms with Crippen LogP contribution < -0.4 is 5.84 Å². The topological polar surface area (TPSA) is 75.8 Å². The summed E-state index contributed by atoms with van der Waals surface area (Å²) in [6, 6.07) is 0. The summed E-state index contributed by atoms with van der Waals surface area (Å²) in [4.78, 5) is 9.86. The van der Waals surface area contributed by atoms with Crippen molar-refractivity contribution in [2.24, 2.45) is 5.84 Å². The number of nitrogens with zero attached hydrogens (tertiary/aromatic N) is 1. The van der Waals surface area contributed by atoms with Gasteiger partial charge in [-0.05, 0) is 0 Å². The summed E-state index contributed by atoms with van der Waals surface area (Å²) in [6.07, 6.45) is -1.93. The molecule has 1 unspecified atom stereocenters. The van der Waals surface area contributed by atoms with E-state index < -0.39 is 12.5 Å². The van der Waals surface area contributed by atoms with Crippen molar-refractivity contribution < 1.29 is 14.6 Å². The second-order valence-corrected chi connectivity index (χ2v) is 1.12. The molecule has 1 aliphatic heterocycles. The Labute approximate surface area is 39.2 Å². The van der Waals surface area contributed by atoms with Crippen LogP contribution in [-0.2, 0) is 4.74 Å². The summed E-state index contributed by atoms with van der Waals surface area (Å²) < 4.78 is 3.97. The average Bonchev–Trinajstić information content (AvgIpc) is 1.68. The molecule has 1 fully saturated rings. The van der Waals surface area contributed by atoms with Crippen molar-refractivity contribution in [2.75, 3.05) is 0 Å². The Morgan fingerprint density at radius 1 is 2.00 bits per heavy atom. The molecule has 1 amide bonds. The fourth-order valence-corrected chi connectivity index (χ4v) is 0.249. The molecule has 40 valence electrons. The highest BCUT2D eigenvalue weighted by Gasteiger charge is 2.33. The summed E-state index contributed by atoms with van der Waals surface area (Å²) in [5, 5.41) is 8.83. The van der Waals surface area contributed by atoms with Gasteiger partial charge in [0, 0.05) is 0 Å². The number of aliphatic hydroxyl groups is 1. The predicted octanol–water partition coefficient (Wildman–Crippen LogP) is -1.41. The molecule has 0 aromatic carbocycles. The Morgan fingerprint density at radius 3 is 2.57 bits per heavy atom. The molecule has 1 atom stereocenters. The highest BCUT2D eigenvalue weighted by molar-refractivity contribution is 5.71. The smallest absolute Gasteiger partial charge is 0.397 e. The number of rotatable bonds is 0. The summed E-state index contributed by atoms with van der Waals surface area (Å²) in [7, 11) is 0. The normalized spacial score (nSPS) is 29.1. The van der Waals surface area contributed by atoms with Crippen LogP contribution in [0, 0.1) is 0 Å². The van der Waals surface area contributed by atoms with Crippen molar-refractivity contribution in [2.45, 2.75) is 6.41 Å². The van der Waals surface area contributed by atoms with Gasteiger partial charge in [0.05, 0.1) is 0 Å². The zero-order valence-corrected chi connectivity index (χ0v) is 3.37. The van der Waals surface area contributed by atoms with E-state index in [2.05, 4.69) is 4.74 Å². The number of carbonyl (C=O) groups is 1. The number of hydrogen-bond acceptors (Lipinski definition) is 4. The molecule has 5 nitrogen and oxygen atoms in total. The molecule has 0 aromatic heterocycles. The van der Waals surface area contributed by atoms with Crippen molar-refractivity contribution in [3.8, 4) is 0 Å². The molecule has 5 heteroatoms. The van der Waals surface area contributed by atoms with E-state index in [9.17, 15) is 4.79 Å². The number of aliphatic hydroxyl groups excluding tert-OH is 1. The number of cyclic esters (lactones) is 1. The van der Waals surface area contributed by atoms with E-state index in [0.717, 1.165) is 0 Å². The van der Waals surface area contributed by atoms with E-state index in [0.29, 0.717) is 5.01 Å². The Morgan fingerprint density at radius 2 is 2.57 bits per heavy atom. The Hall–Kier alpha value is -0.810. The molecule has 1 aliphatic rings. The maximum atomic E-state index is 9.86. The first-order valence-corrected chi connectivity index (χ1v) is 1.64. The molecule has 7 heavy (non-hydrogen) atoms. The fourth-order valence-electron chi connectivity index (χ4n) is 0.249. The summed E-state index contributed by atoms with van der Waals surface area (Å²) in [6.45, 7) is 0. The van der Waals surface area contributed by atoms with Crippen LogP contribution in [0.25, 0.3) is 0 Å². The van der Waals surface area contributed by atoms with Crippen molar-refractivity contribution >= 4 is 6.09 Å². The zero-order chi connectivity index (χ0) is 5.44. The summed E-state index contributed by atoms with van der Waals surface area (Å²) in [5.74, 6) is 4.77. The van der Waals surface area contributed by atoms with Gasteiger partial charge in [-0.15, -0.1) is 0 Å². The van der Waals surface area contributed by atoms with Gasteiger partial charge in [-0.1, -0.05) is 0 Å². The van der Waals surface area contributed by atoms with Gasteiger partial charge in [-0.2, -0.15) is 5.01 Å². The monoisotopic (exact) mass is 104 g/mol. The first-order valence-electron chi connectivity index (χ1n) is 1.64. The second kappa shape index (κ2) is 1.08. The average molecular weight is 104 g/mol. The molecule has 3 N–H and O–H groups in total. The van der Waals surface area contributed by atoms with E-state index in [4.69, 9.17) is 10.9 Å². The van der Waals surface area contributed by atoms with Gasteiger partial charge >= 0.3 is 12.5 Å². The van der Waals surface area contributed by atoms with E-state index in [1.165, 1.54) is 0 Å². The van der Waals surface area contributed by atoms with E-state index >= 15 is 0 Å². The molecular weight excluding hydrogens is 100 g/mol. The first kappa shape index (κ1) is 4.35. The molecule has 1 saturated heterocycles. The number of hydrazine groups is 1. The van der Waals surface area contributed by atoms with Gasteiger partial charge in [0.25, 0.3) is 0 Å². The van der Waals surface area contributed by atoms with Gasteiger partial charge in [0.1, 0.15) is 0 Å². The maximum Gasteiger partial charge on any atom is 0.433 e. The van der Waals surface area contributed by atoms with Crippen LogP contribution in [-0.4, -0.2) is 22.6 Å². The number of carbonyl (C=O) groups excluding carboxylic acids is 1. The van der Waals surface area contributed by atoms with Crippen LogP contribution in [0.3, 0.4) is 0 Å². The predicted molar refractivity (Wildman–Crippen MR) is 18.5 cm³/mol. The molecule has 1 rings (SSSR count). The Bertz CT molecular complexity index is 103. The van der Waals surface area contributed by atoms with Crippen LogP contribution >= 0.6 is 0 Å². The van der Waals surface area contributed by atoms with Crippen LogP contribution in [0.5, 0.6) is 0 Å². The number of nitrogens with two attached hydrogens (primary N) is 1. The summed E-state index contributed by atoms with van der Waals surface area (Å²) in [5.41, 5.74) is 0. The molecule has 1 heterocycles. The molecule has 0 aromatic rings. The Kier molecular flexibility index (Phi) is 0.671. The molecular formula is C2H4N2O3. The highest BCUT2D eigenvalue weighted by Crippen LogP contribution is 2.06. The number of amides is 1. The van der Waals surface area contributed by atoms with Crippen molar-refractivity contribution in [1.29, 1.82) is 0 Å². The van der Waals surface area contributed by atoms with Gasteiger partial charge in [-0.25, -0.2) is 10.6 Å². The first-order chi connectivity index (χ1) is 3.22. The summed E-state index contributed by atoms with van der Waals surface area (Å²) >= 11 is 0. The largest absolute Gasteiger partial charge is 0.433 e. The number of ether oxygens (including phenoxy) is 1. The van der Waals surface area contributed by atoms with Crippen molar-refractivity contribution in [1.82, 2.24) is 5.01 Å². The third-order valence-electron chi connectivity index (χ3n) is 0.655. The fraction of sp³-hybridized carbons (Fsp3) is 0.500. The lowest BCUT2D eigenvalue weighted by Crippen LogP contribution is -2.58. The third kappa shape index (κ3) is 0.422. The molecule has 0 spiro atoms. The number of hydrogen-bond donors (Lipinski definition) is 2. The molecule has 0 radical (unpaired) electrons. The minimum atomic E-state index is -1.23. The van der Waals surface area contributed by atoms with Gasteiger partial charge in [0.2, 0.25) is 0 Å². The minimum absolute atomic E-state index is 0.583. The standard InChI is InChI=1S/C2H4N2O3/c3-4-1(5)7-2(4)6/h1,5H,3H2. The second-order valence-electron chi connectivity index (χ2n) is 1.12. The third-order valence-corrected chi connectivity index (χ3v) is 0.655. The minimum Gasteiger partial charge on any atom is -0.397 e. The van der Waals surface area contributed by atoms with E-state index in [1.807, 2.05) is 0 Å². The van der Waals surface area contributed by atoms with Crippen molar-refractivity contribution in [3.05, 3.63) is 0 Å². The lowest BCUT2D eigenvalue weighted by molar-refractivity contribution is -0.217. The lowest BCUT2D eigenvalue weighted by atomic mass is 10.8. The van der Waals surface area contributed by atoms with Crippen LogP contribution in [0.1, 0.15) is 0 Å². The van der Waals surface area contributed by atoms with E-state index in [-0.39, 0.29) is 0 Å². The Balaban J connectivity index is 2.43. The van der Waals surface area contributed by atoms with Gasteiger partial charge in [-0.3, -0.25) is 0 Å². The lowest BCUT2D eigenvalue weighted by Gasteiger charge is -2.30. The quantitative estimate of drug-likeness (QED) is 0.292. The van der Waals surface area contributed by atoms with Gasteiger partial charge in [0.15, 0.2) is 0 Å². The van der Waals surface area contributed by atoms with Crippen LogP contribution in [0.2, 0.25) is 0 Å². The van der Waals surface area contributed by atoms with Crippen LogP contribution in [0.4, 0.5) is 4.79 Å². The molecule has 0 aliphatic carbocycles. The maximum absolute atomic E-state index is 9.86. The van der Waals surface area contributed by atoms with E-state index in [1.54, 1.807) is 0 Å². The molecule has 0 saturated carbocycles. The van der Waals surface area contributed by atoms with Gasteiger partial charge < -0.3 is 9.84 Å². The SMILES string of the molecule is NN1C(=O)OC1O. The van der Waals surface area contributed by atoms with Crippen LogP contribution in [0.15, 0.2) is 0 Å². The highest BCUT2D eigenvalue weighted by atomic mass is 16.7.